The lowest BCUT2D eigenvalue weighted by atomic mass is 10.0. The number of hydrogen-bond acceptors (Lipinski definition) is 4. The number of rotatable bonds is 2. The van der Waals surface area contributed by atoms with Crippen molar-refractivity contribution in [2.45, 2.75) is 6.04 Å². The van der Waals surface area contributed by atoms with Crippen LogP contribution in [-0.4, -0.2) is 54.5 Å². The standard InChI is InChI=1S/C20H20N4O/c21-15-22-9-10-23-11-12-24(20(25)19(23)14-22)18-8-4-7-17(13-18)16-5-2-1-3-6-16/h1-8,13,19H,9-12,14H2. The first-order valence-corrected chi connectivity index (χ1v) is 8.62. The summed E-state index contributed by atoms with van der Waals surface area (Å²) in [7, 11) is 0. The Labute approximate surface area is 147 Å². The summed E-state index contributed by atoms with van der Waals surface area (Å²) in [6, 6.07) is 18.1. The first-order chi connectivity index (χ1) is 12.3. The Morgan fingerprint density at radius 1 is 0.920 bits per heavy atom. The van der Waals surface area contributed by atoms with E-state index in [1.54, 1.807) is 4.90 Å². The van der Waals surface area contributed by atoms with Crippen LogP contribution in [0.15, 0.2) is 54.6 Å². The Bertz CT molecular complexity index is 814. The Morgan fingerprint density at radius 2 is 1.68 bits per heavy atom. The molecule has 0 spiro atoms. The van der Waals surface area contributed by atoms with Crippen molar-refractivity contribution < 1.29 is 4.79 Å². The summed E-state index contributed by atoms with van der Waals surface area (Å²) in [6.07, 6.45) is 2.18. The van der Waals surface area contributed by atoms with E-state index in [0.717, 1.165) is 29.9 Å². The van der Waals surface area contributed by atoms with Gasteiger partial charge in [-0.15, -0.1) is 0 Å². The number of amides is 1. The monoisotopic (exact) mass is 332 g/mol. The number of anilines is 1. The van der Waals surface area contributed by atoms with Gasteiger partial charge >= 0.3 is 0 Å². The third kappa shape index (κ3) is 2.97. The van der Waals surface area contributed by atoms with Crippen molar-refractivity contribution in [3.63, 3.8) is 0 Å². The van der Waals surface area contributed by atoms with Crippen LogP contribution in [0.4, 0.5) is 5.69 Å². The van der Waals surface area contributed by atoms with Crippen LogP contribution in [0, 0.1) is 11.5 Å². The minimum atomic E-state index is -0.220. The van der Waals surface area contributed by atoms with Crippen molar-refractivity contribution in [2.24, 2.45) is 0 Å². The Kier molecular flexibility index (Phi) is 4.12. The maximum atomic E-state index is 13.0. The maximum Gasteiger partial charge on any atom is 0.246 e. The molecular formula is C20H20N4O. The highest BCUT2D eigenvalue weighted by molar-refractivity contribution is 5.98. The van der Waals surface area contributed by atoms with E-state index in [2.05, 4.69) is 35.4 Å². The van der Waals surface area contributed by atoms with Crippen molar-refractivity contribution in [3.8, 4) is 17.3 Å². The lowest BCUT2D eigenvalue weighted by Gasteiger charge is -2.45. The molecule has 4 rings (SSSR count). The van der Waals surface area contributed by atoms with Gasteiger partial charge in [-0.25, -0.2) is 0 Å². The molecule has 2 aromatic carbocycles. The molecule has 2 aliphatic heterocycles. The third-order valence-electron chi connectivity index (χ3n) is 5.06. The van der Waals surface area contributed by atoms with Crippen LogP contribution in [0.25, 0.3) is 11.1 Å². The molecule has 0 aliphatic carbocycles. The summed E-state index contributed by atoms with van der Waals surface area (Å²) in [5.41, 5.74) is 3.18. The van der Waals surface area contributed by atoms with Gasteiger partial charge in [0.25, 0.3) is 0 Å². The van der Waals surface area contributed by atoms with Crippen LogP contribution in [0.5, 0.6) is 0 Å². The van der Waals surface area contributed by atoms with E-state index in [9.17, 15) is 4.79 Å². The van der Waals surface area contributed by atoms with Gasteiger partial charge in [-0.2, -0.15) is 5.26 Å². The van der Waals surface area contributed by atoms with Gasteiger partial charge in [-0.1, -0.05) is 42.5 Å². The molecule has 5 nitrogen and oxygen atoms in total. The molecule has 0 radical (unpaired) electrons. The van der Waals surface area contributed by atoms with E-state index in [4.69, 9.17) is 5.26 Å². The molecule has 1 atom stereocenters. The average Bonchev–Trinajstić information content (AvgIpc) is 2.69. The van der Waals surface area contributed by atoms with E-state index in [-0.39, 0.29) is 11.9 Å². The first-order valence-electron chi connectivity index (χ1n) is 8.62. The van der Waals surface area contributed by atoms with Gasteiger partial charge < -0.3 is 9.80 Å². The summed E-state index contributed by atoms with van der Waals surface area (Å²) in [5, 5.41) is 9.15. The van der Waals surface area contributed by atoms with Gasteiger partial charge in [0.05, 0.1) is 6.54 Å². The van der Waals surface area contributed by atoms with E-state index >= 15 is 0 Å². The molecule has 2 saturated heterocycles. The van der Waals surface area contributed by atoms with Crippen molar-refractivity contribution >= 4 is 11.6 Å². The molecular weight excluding hydrogens is 312 g/mol. The van der Waals surface area contributed by atoms with E-state index in [1.165, 1.54) is 0 Å². The highest BCUT2D eigenvalue weighted by atomic mass is 16.2. The quantitative estimate of drug-likeness (QED) is 0.791. The molecule has 0 aromatic heterocycles. The molecule has 2 heterocycles. The zero-order valence-electron chi connectivity index (χ0n) is 14.0. The maximum absolute atomic E-state index is 13.0. The molecule has 2 aromatic rings. The van der Waals surface area contributed by atoms with Crippen LogP contribution in [0.3, 0.4) is 0 Å². The molecule has 1 amide bonds. The fourth-order valence-electron chi connectivity index (χ4n) is 3.67. The fraction of sp³-hybridized carbons (Fsp3) is 0.300. The fourth-order valence-corrected chi connectivity index (χ4v) is 3.67. The lowest BCUT2D eigenvalue weighted by Crippen LogP contribution is -2.64. The van der Waals surface area contributed by atoms with Crippen molar-refractivity contribution in [3.05, 3.63) is 54.6 Å². The normalized spacial score (nSPS) is 20.9. The van der Waals surface area contributed by atoms with Crippen LogP contribution in [0.2, 0.25) is 0 Å². The predicted octanol–water partition coefficient (Wildman–Crippen LogP) is 2.17. The number of fused-ring (bicyclic) bond motifs is 1. The minimum absolute atomic E-state index is 0.0939. The Hall–Kier alpha value is -2.84. The number of piperazine rings is 2. The molecule has 2 fully saturated rings. The lowest BCUT2D eigenvalue weighted by molar-refractivity contribution is -0.127. The van der Waals surface area contributed by atoms with Crippen LogP contribution in [0.1, 0.15) is 0 Å². The molecule has 1 unspecified atom stereocenters. The number of nitrogens with zero attached hydrogens (tertiary/aromatic N) is 4. The number of benzene rings is 2. The smallest absolute Gasteiger partial charge is 0.246 e. The highest BCUT2D eigenvalue weighted by Gasteiger charge is 2.39. The molecule has 0 saturated carbocycles. The largest absolute Gasteiger partial charge is 0.310 e. The molecule has 5 heteroatoms. The van der Waals surface area contributed by atoms with Gasteiger partial charge in [0.1, 0.15) is 6.04 Å². The SMILES string of the molecule is N#CN1CCN2CCN(c3cccc(-c4ccccc4)c3)C(=O)C2C1. The van der Waals surface area contributed by atoms with Crippen LogP contribution in [-0.2, 0) is 4.79 Å². The number of hydrogen-bond donors (Lipinski definition) is 0. The second kappa shape index (κ2) is 6.58. The van der Waals surface area contributed by atoms with Crippen molar-refractivity contribution in [2.75, 3.05) is 37.6 Å². The van der Waals surface area contributed by atoms with Crippen molar-refractivity contribution in [1.82, 2.24) is 9.80 Å². The minimum Gasteiger partial charge on any atom is -0.310 e. The summed E-state index contributed by atoms with van der Waals surface area (Å²) in [5.74, 6) is 0.0939. The van der Waals surface area contributed by atoms with E-state index in [0.29, 0.717) is 19.6 Å². The first kappa shape index (κ1) is 15.7. The second-order valence-corrected chi connectivity index (χ2v) is 6.50. The van der Waals surface area contributed by atoms with Gasteiger partial charge in [-0.05, 0) is 23.3 Å². The molecule has 126 valence electrons. The van der Waals surface area contributed by atoms with E-state index < -0.39 is 0 Å². The van der Waals surface area contributed by atoms with Gasteiger partial charge in [-0.3, -0.25) is 9.69 Å². The number of nitriles is 1. The Balaban J connectivity index is 1.60. The third-order valence-corrected chi connectivity index (χ3v) is 5.06. The molecule has 0 bridgehead atoms. The highest BCUT2D eigenvalue weighted by Crippen LogP contribution is 2.27. The van der Waals surface area contributed by atoms with Crippen LogP contribution >= 0.6 is 0 Å². The number of carbonyl (C=O) groups is 1. The molecule has 2 aliphatic rings. The summed E-state index contributed by atoms with van der Waals surface area (Å²) >= 11 is 0. The average molecular weight is 332 g/mol. The second-order valence-electron chi connectivity index (χ2n) is 6.50. The van der Waals surface area contributed by atoms with E-state index in [1.807, 2.05) is 35.2 Å². The molecule has 25 heavy (non-hydrogen) atoms. The van der Waals surface area contributed by atoms with Crippen molar-refractivity contribution in [1.29, 1.82) is 5.26 Å². The zero-order valence-corrected chi connectivity index (χ0v) is 14.0. The molecule has 0 N–H and O–H groups in total. The van der Waals surface area contributed by atoms with Gasteiger partial charge in [0.2, 0.25) is 5.91 Å². The van der Waals surface area contributed by atoms with Gasteiger partial charge in [0.15, 0.2) is 6.19 Å². The van der Waals surface area contributed by atoms with Crippen LogP contribution < -0.4 is 4.90 Å². The topological polar surface area (TPSA) is 50.6 Å². The Morgan fingerprint density at radius 3 is 2.48 bits per heavy atom. The predicted molar refractivity (Wildman–Crippen MR) is 96.8 cm³/mol. The summed E-state index contributed by atoms with van der Waals surface area (Å²) < 4.78 is 0. The number of carbonyl (C=O) groups excluding carboxylic acids is 1. The summed E-state index contributed by atoms with van der Waals surface area (Å²) in [4.78, 5) is 18.8. The van der Waals surface area contributed by atoms with Gasteiger partial charge in [0, 0.05) is 31.9 Å². The zero-order chi connectivity index (χ0) is 17.2. The summed E-state index contributed by atoms with van der Waals surface area (Å²) in [6.45, 7) is 3.53.